The Morgan fingerprint density at radius 1 is 0.914 bits per heavy atom. The first-order valence-corrected chi connectivity index (χ1v) is 12.7. The van der Waals surface area contributed by atoms with Crippen LogP contribution in [-0.2, 0) is 13.6 Å². The molecule has 0 aliphatic carbocycles. The highest BCUT2D eigenvalue weighted by Crippen LogP contribution is 2.35. The molecule has 0 unspecified atom stereocenters. The molecule has 3 heterocycles. The highest BCUT2D eigenvalue weighted by Gasteiger charge is 2.22. The maximum absolute atomic E-state index is 13.6. The maximum atomic E-state index is 13.6. The standard InChI is InChI=1S/C27H30N4O3S/c1-19-23(20-9-5-4-6-10-20)24-25(32)31(27(33)28(2)26(24)35-19)18-15-29-13-16-30(17-14-29)21-11-7-8-12-22(21)34-3/h4-12H,13-18H2,1-3H3. The molecule has 1 aliphatic heterocycles. The number of hydrogen-bond acceptors (Lipinski definition) is 6. The third-order valence-corrected chi connectivity index (χ3v) is 8.03. The van der Waals surface area contributed by atoms with Crippen molar-refractivity contribution in [1.29, 1.82) is 0 Å². The highest BCUT2D eigenvalue weighted by atomic mass is 32.1. The van der Waals surface area contributed by atoms with Gasteiger partial charge in [-0.05, 0) is 24.6 Å². The normalized spacial score (nSPS) is 14.5. The lowest BCUT2D eigenvalue weighted by molar-refractivity contribution is 0.245. The number of aromatic nitrogens is 2. The number of anilines is 1. The second kappa shape index (κ2) is 9.71. The number of benzene rings is 2. The van der Waals surface area contributed by atoms with Gasteiger partial charge in [0.1, 0.15) is 10.6 Å². The Kier molecular flexibility index (Phi) is 6.49. The van der Waals surface area contributed by atoms with E-state index in [9.17, 15) is 9.59 Å². The number of fused-ring (bicyclic) bond motifs is 1. The van der Waals surface area contributed by atoms with Crippen LogP contribution in [0.5, 0.6) is 5.75 Å². The Morgan fingerprint density at radius 3 is 2.31 bits per heavy atom. The quantitative estimate of drug-likeness (QED) is 0.414. The molecule has 1 saturated heterocycles. The predicted octanol–water partition coefficient (Wildman–Crippen LogP) is 3.57. The van der Waals surface area contributed by atoms with Gasteiger partial charge in [0.25, 0.3) is 5.56 Å². The summed E-state index contributed by atoms with van der Waals surface area (Å²) in [6, 6.07) is 18.0. The lowest BCUT2D eigenvalue weighted by Gasteiger charge is -2.36. The SMILES string of the molecule is COc1ccccc1N1CCN(CCn2c(=O)c3c(-c4ccccc4)c(C)sc3n(C)c2=O)CC1. The van der Waals surface area contributed by atoms with Crippen molar-refractivity contribution in [2.45, 2.75) is 13.5 Å². The van der Waals surface area contributed by atoms with Gasteiger partial charge >= 0.3 is 5.69 Å². The molecule has 182 valence electrons. The first kappa shape index (κ1) is 23.4. The third-order valence-electron chi connectivity index (χ3n) is 6.85. The first-order chi connectivity index (χ1) is 17.0. The van der Waals surface area contributed by atoms with Crippen LogP contribution in [0.1, 0.15) is 4.88 Å². The minimum absolute atomic E-state index is 0.195. The van der Waals surface area contributed by atoms with E-state index in [0.29, 0.717) is 18.5 Å². The Bertz CT molecular complexity index is 1460. The molecule has 0 spiro atoms. The average molecular weight is 491 g/mol. The molecule has 0 atom stereocenters. The first-order valence-electron chi connectivity index (χ1n) is 11.9. The summed E-state index contributed by atoms with van der Waals surface area (Å²) < 4.78 is 8.55. The largest absolute Gasteiger partial charge is 0.495 e. The minimum Gasteiger partial charge on any atom is -0.495 e. The average Bonchev–Trinajstić information content (AvgIpc) is 3.25. The van der Waals surface area contributed by atoms with Gasteiger partial charge < -0.3 is 9.64 Å². The minimum atomic E-state index is -0.254. The molecule has 0 amide bonds. The van der Waals surface area contributed by atoms with Crippen LogP contribution in [-0.4, -0.2) is 53.9 Å². The van der Waals surface area contributed by atoms with E-state index in [1.807, 2.05) is 55.5 Å². The number of methoxy groups -OCH3 is 1. The smallest absolute Gasteiger partial charge is 0.331 e. The number of nitrogens with zero attached hydrogens (tertiary/aromatic N) is 4. The zero-order chi connectivity index (χ0) is 24.5. The molecule has 35 heavy (non-hydrogen) atoms. The van der Waals surface area contributed by atoms with Crippen molar-refractivity contribution in [2.24, 2.45) is 7.05 Å². The van der Waals surface area contributed by atoms with E-state index < -0.39 is 0 Å². The Balaban J connectivity index is 1.38. The van der Waals surface area contributed by atoms with Gasteiger partial charge in [-0.1, -0.05) is 42.5 Å². The van der Waals surface area contributed by atoms with Crippen LogP contribution in [0.15, 0.2) is 64.2 Å². The lowest BCUT2D eigenvalue weighted by Crippen LogP contribution is -2.49. The fourth-order valence-corrected chi connectivity index (χ4v) is 6.07. The van der Waals surface area contributed by atoms with Gasteiger partial charge in [0.05, 0.1) is 18.2 Å². The van der Waals surface area contributed by atoms with Crippen molar-refractivity contribution in [2.75, 3.05) is 44.7 Å². The monoisotopic (exact) mass is 490 g/mol. The second-order valence-corrected chi connectivity index (χ2v) is 10.1. The molecule has 5 rings (SSSR count). The predicted molar refractivity (Wildman–Crippen MR) is 143 cm³/mol. The fraction of sp³-hybridized carbons (Fsp3) is 0.333. The summed E-state index contributed by atoms with van der Waals surface area (Å²) >= 11 is 1.51. The van der Waals surface area contributed by atoms with E-state index in [0.717, 1.165) is 58.5 Å². The Hall–Kier alpha value is -3.36. The molecule has 7 nitrogen and oxygen atoms in total. The van der Waals surface area contributed by atoms with Crippen LogP contribution < -0.4 is 20.9 Å². The van der Waals surface area contributed by atoms with Crippen molar-refractivity contribution >= 4 is 27.2 Å². The number of para-hydroxylation sites is 2. The van der Waals surface area contributed by atoms with E-state index in [1.54, 1.807) is 18.7 Å². The van der Waals surface area contributed by atoms with Crippen LogP contribution >= 0.6 is 11.3 Å². The Morgan fingerprint density at radius 2 is 1.60 bits per heavy atom. The van der Waals surface area contributed by atoms with Crippen LogP contribution in [0.2, 0.25) is 0 Å². The molecule has 0 radical (unpaired) electrons. The number of ether oxygens (including phenoxy) is 1. The number of piperazine rings is 1. The van der Waals surface area contributed by atoms with Crippen molar-refractivity contribution in [3.8, 4) is 16.9 Å². The van der Waals surface area contributed by atoms with Crippen LogP contribution in [0.25, 0.3) is 21.3 Å². The number of thiophene rings is 1. The number of hydrogen-bond donors (Lipinski definition) is 0. The molecule has 0 bridgehead atoms. The molecule has 8 heteroatoms. The summed E-state index contributed by atoms with van der Waals surface area (Å²) in [5.41, 5.74) is 2.60. The van der Waals surface area contributed by atoms with E-state index in [2.05, 4.69) is 15.9 Å². The van der Waals surface area contributed by atoms with Gasteiger partial charge in [-0.25, -0.2) is 4.79 Å². The van der Waals surface area contributed by atoms with Gasteiger partial charge in [-0.15, -0.1) is 11.3 Å². The van der Waals surface area contributed by atoms with Crippen LogP contribution in [0, 0.1) is 6.92 Å². The third kappa shape index (κ3) is 4.28. The molecular weight excluding hydrogens is 460 g/mol. The molecule has 1 fully saturated rings. The molecule has 0 saturated carbocycles. The van der Waals surface area contributed by atoms with E-state index in [1.165, 1.54) is 15.9 Å². The number of rotatable bonds is 6. The zero-order valence-corrected chi connectivity index (χ0v) is 21.2. The molecule has 0 N–H and O–H groups in total. The van der Waals surface area contributed by atoms with E-state index >= 15 is 0 Å². The summed E-state index contributed by atoms with van der Waals surface area (Å²) in [6.07, 6.45) is 0. The Labute approximate surface area is 208 Å². The molecule has 4 aromatic rings. The van der Waals surface area contributed by atoms with Gasteiger partial charge in [-0.3, -0.25) is 18.8 Å². The molecule has 1 aliphatic rings. The van der Waals surface area contributed by atoms with Crippen molar-refractivity contribution in [1.82, 2.24) is 14.0 Å². The molecular formula is C27H30N4O3S. The summed E-state index contributed by atoms with van der Waals surface area (Å²) in [4.78, 5) is 33.2. The van der Waals surface area contributed by atoms with Crippen molar-refractivity contribution in [3.63, 3.8) is 0 Å². The van der Waals surface area contributed by atoms with Gasteiger partial charge in [0, 0.05) is 56.8 Å². The maximum Gasteiger partial charge on any atom is 0.331 e. The lowest BCUT2D eigenvalue weighted by atomic mass is 10.0. The van der Waals surface area contributed by atoms with Crippen molar-refractivity contribution < 1.29 is 4.74 Å². The van der Waals surface area contributed by atoms with Gasteiger partial charge in [-0.2, -0.15) is 0 Å². The van der Waals surface area contributed by atoms with Crippen LogP contribution in [0.3, 0.4) is 0 Å². The van der Waals surface area contributed by atoms with Crippen LogP contribution in [0.4, 0.5) is 5.69 Å². The fourth-order valence-electron chi connectivity index (χ4n) is 4.95. The summed E-state index contributed by atoms with van der Waals surface area (Å²) in [7, 11) is 3.46. The number of aryl methyl sites for hydroxylation is 2. The summed E-state index contributed by atoms with van der Waals surface area (Å²) in [6.45, 7) is 6.51. The van der Waals surface area contributed by atoms with Crippen molar-refractivity contribution in [3.05, 3.63) is 80.3 Å². The van der Waals surface area contributed by atoms with E-state index in [-0.39, 0.29) is 11.2 Å². The summed E-state index contributed by atoms with van der Waals surface area (Å²) in [5, 5.41) is 0.641. The second-order valence-electron chi connectivity index (χ2n) is 8.88. The molecule has 2 aromatic heterocycles. The molecule has 2 aromatic carbocycles. The highest BCUT2D eigenvalue weighted by molar-refractivity contribution is 7.19. The topological polar surface area (TPSA) is 59.7 Å². The van der Waals surface area contributed by atoms with Gasteiger partial charge in [0.2, 0.25) is 0 Å². The van der Waals surface area contributed by atoms with E-state index in [4.69, 9.17) is 4.74 Å². The van der Waals surface area contributed by atoms with Gasteiger partial charge in [0.15, 0.2) is 0 Å². The zero-order valence-electron chi connectivity index (χ0n) is 20.4. The summed E-state index contributed by atoms with van der Waals surface area (Å²) in [5.74, 6) is 0.879.